The molecule has 18 heavy (non-hydrogen) atoms. The van der Waals surface area contributed by atoms with Crippen LogP contribution in [0.2, 0.25) is 0 Å². The molecular weight excluding hydrogens is 244 g/mol. The summed E-state index contributed by atoms with van der Waals surface area (Å²) in [7, 11) is 1.72. The van der Waals surface area contributed by atoms with Gasteiger partial charge in [0.2, 0.25) is 0 Å². The van der Waals surface area contributed by atoms with Crippen molar-refractivity contribution in [3.05, 3.63) is 23.0 Å². The van der Waals surface area contributed by atoms with Crippen LogP contribution in [-0.2, 0) is 6.54 Å². The van der Waals surface area contributed by atoms with Gasteiger partial charge in [0.05, 0.1) is 12.8 Å². The van der Waals surface area contributed by atoms with Gasteiger partial charge in [-0.2, -0.15) is 11.8 Å². The third-order valence-corrected chi connectivity index (χ3v) is 3.69. The molecule has 0 amide bonds. The van der Waals surface area contributed by atoms with Crippen molar-refractivity contribution in [2.45, 2.75) is 33.2 Å². The number of thioether (sulfide) groups is 1. The van der Waals surface area contributed by atoms with Gasteiger partial charge in [-0.05, 0) is 45.2 Å². The van der Waals surface area contributed by atoms with Crippen molar-refractivity contribution in [3.8, 4) is 5.75 Å². The Morgan fingerprint density at radius 2 is 2.11 bits per heavy atom. The van der Waals surface area contributed by atoms with Crippen molar-refractivity contribution in [1.82, 2.24) is 10.3 Å². The first-order valence-electron chi connectivity index (χ1n) is 6.39. The maximum Gasteiger partial charge on any atom is 0.128 e. The lowest BCUT2D eigenvalue weighted by Gasteiger charge is -2.12. The molecule has 0 aromatic carbocycles. The Kier molecular flexibility index (Phi) is 7.13. The summed E-state index contributed by atoms with van der Waals surface area (Å²) in [6, 6.07) is 0. The minimum absolute atomic E-state index is 0.821. The highest BCUT2D eigenvalue weighted by molar-refractivity contribution is 7.98. The molecule has 0 aliphatic carbocycles. The van der Waals surface area contributed by atoms with Crippen LogP contribution in [0.15, 0.2) is 6.20 Å². The van der Waals surface area contributed by atoms with Crippen molar-refractivity contribution in [2.75, 3.05) is 25.7 Å². The molecule has 102 valence electrons. The molecule has 1 N–H and O–H groups in total. The lowest BCUT2D eigenvalue weighted by Crippen LogP contribution is -2.17. The van der Waals surface area contributed by atoms with E-state index in [-0.39, 0.29) is 0 Å². The molecule has 0 radical (unpaired) electrons. The van der Waals surface area contributed by atoms with E-state index >= 15 is 0 Å². The van der Waals surface area contributed by atoms with Gasteiger partial charge in [0.1, 0.15) is 5.75 Å². The van der Waals surface area contributed by atoms with Crippen molar-refractivity contribution in [3.63, 3.8) is 0 Å². The van der Waals surface area contributed by atoms with Crippen LogP contribution >= 0.6 is 11.8 Å². The van der Waals surface area contributed by atoms with E-state index in [1.807, 2.05) is 24.9 Å². The van der Waals surface area contributed by atoms with Crippen LogP contribution in [0.3, 0.4) is 0 Å². The summed E-state index contributed by atoms with van der Waals surface area (Å²) in [5.41, 5.74) is 3.33. The van der Waals surface area contributed by atoms with E-state index in [0.29, 0.717) is 0 Å². The molecule has 1 heterocycles. The number of nitrogens with one attached hydrogen (secondary N) is 1. The normalized spacial score (nSPS) is 10.7. The number of hydrogen-bond donors (Lipinski definition) is 1. The Hall–Kier alpha value is -0.740. The molecule has 0 bridgehead atoms. The monoisotopic (exact) mass is 268 g/mol. The van der Waals surface area contributed by atoms with Gasteiger partial charge in [-0.15, -0.1) is 0 Å². The Balaban J connectivity index is 2.43. The van der Waals surface area contributed by atoms with E-state index < -0.39 is 0 Å². The fourth-order valence-electron chi connectivity index (χ4n) is 1.95. The second-order valence-corrected chi connectivity index (χ2v) is 5.41. The van der Waals surface area contributed by atoms with Crippen LogP contribution in [0, 0.1) is 13.8 Å². The van der Waals surface area contributed by atoms with Gasteiger partial charge in [-0.1, -0.05) is 0 Å². The first kappa shape index (κ1) is 15.3. The molecule has 0 saturated carbocycles. The van der Waals surface area contributed by atoms with Crippen LogP contribution in [0.1, 0.15) is 29.7 Å². The molecule has 1 aromatic heterocycles. The molecule has 1 rings (SSSR count). The highest BCUT2D eigenvalue weighted by Gasteiger charge is 2.08. The molecule has 0 fully saturated rings. The second-order valence-electron chi connectivity index (χ2n) is 4.42. The van der Waals surface area contributed by atoms with Crippen molar-refractivity contribution in [1.29, 1.82) is 0 Å². The number of hydrogen-bond acceptors (Lipinski definition) is 4. The van der Waals surface area contributed by atoms with E-state index in [0.717, 1.165) is 35.7 Å². The standard InChI is InChI=1S/C14H24N2OS/c1-11-9-16-13(12(2)14(11)17-3)10-15-7-5-6-8-18-4/h9,15H,5-8,10H2,1-4H3. The summed E-state index contributed by atoms with van der Waals surface area (Å²) in [6.07, 6.45) is 6.54. The minimum Gasteiger partial charge on any atom is -0.496 e. The lowest BCUT2D eigenvalue weighted by atomic mass is 10.1. The molecule has 4 heteroatoms. The molecule has 0 atom stereocenters. The van der Waals surface area contributed by atoms with Gasteiger partial charge in [0, 0.05) is 23.9 Å². The first-order chi connectivity index (χ1) is 8.70. The van der Waals surface area contributed by atoms with E-state index in [4.69, 9.17) is 4.74 Å². The molecule has 0 aliphatic heterocycles. The zero-order chi connectivity index (χ0) is 13.4. The Morgan fingerprint density at radius 3 is 2.78 bits per heavy atom. The Morgan fingerprint density at radius 1 is 1.33 bits per heavy atom. The Labute approximate surface area is 115 Å². The molecule has 1 aromatic rings. The number of nitrogens with zero attached hydrogens (tertiary/aromatic N) is 1. The third kappa shape index (κ3) is 4.50. The SMILES string of the molecule is COc1c(C)cnc(CNCCCCSC)c1C. The number of rotatable bonds is 8. The summed E-state index contributed by atoms with van der Waals surface area (Å²) in [5.74, 6) is 2.21. The molecular formula is C14H24N2OS. The molecule has 0 aliphatic rings. The van der Waals surface area contributed by atoms with Gasteiger partial charge in [-0.25, -0.2) is 0 Å². The Bertz CT molecular complexity index is 369. The summed E-state index contributed by atoms with van der Waals surface area (Å²) >= 11 is 1.91. The number of pyridine rings is 1. The highest BCUT2D eigenvalue weighted by atomic mass is 32.2. The zero-order valence-electron chi connectivity index (χ0n) is 11.9. The molecule has 0 spiro atoms. The van der Waals surface area contributed by atoms with Crippen LogP contribution < -0.4 is 10.1 Å². The molecule has 0 saturated heterocycles. The van der Waals surface area contributed by atoms with Gasteiger partial charge < -0.3 is 10.1 Å². The summed E-state index contributed by atoms with van der Waals surface area (Å²) in [4.78, 5) is 4.47. The van der Waals surface area contributed by atoms with Crippen molar-refractivity contribution in [2.24, 2.45) is 0 Å². The lowest BCUT2D eigenvalue weighted by molar-refractivity contribution is 0.406. The minimum atomic E-state index is 0.821. The number of aryl methyl sites for hydroxylation is 1. The van der Waals surface area contributed by atoms with E-state index in [9.17, 15) is 0 Å². The second kappa shape index (κ2) is 8.38. The van der Waals surface area contributed by atoms with Crippen LogP contribution in [0.4, 0.5) is 0 Å². The maximum atomic E-state index is 5.41. The van der Waals surface area contributed by atoms with Crippen molar-refractivity contribution >= 4 is 11.8 Å². The van der Waals surface area contributed by atoms with Crippen LogP contribution in [0.25, 0.3) is 0 Å². The average molecular weight is 268 g/mol. The first-order valence-corrected chi connectivity index (χ1v) is 7.78. The fourth-order valence-corrected chi connectivity index (χ4v) is 2.45. The third-order valence-electron chi connectivity index (χ3n) is 2.99. The predicted octanol–water partition coefficient (Wildman–Crippen LogP) is 2.94. The predicted molar refractivity (Wildman–Crippen MR) is 79.6 cm³/mol. The summed E-state index contributed by atoms with van der Waals surface area (Å²) in [5, 5.41) is 3.44. The zero-order valence-corrected chi connectivity index (χ0v) is 12.7. The van der Waals surface area contributed by atoms with Crippen LogP contribution in [-0.4, -0.2) is 30.6 Å². The fraction of sp³-hybridized carbons (Fsp3) is 0.643. The van der Waals surface area contributed by atoms with Gasteiger partial charge >= 0.3 is 0 Å². The number of unbranched alkanes of at least 4 members (excludes halogenated alkanes) is 1. The maximum absolute atomic E-state index is 5.41. The van der Waals surface area contributed by atoms with E-state index in [1.165, 1.54) is 18.6 Å². The van der Waals surface area contributed by atoms with Crippen LogP contribution in [0.5, 0.6) is 5.75 Å². The summed E-state index contributed by atoms with van der Waals surface area (Å²) in [6.45, 7) is 5.97. The topological polar surface area (TPSA) is 34.1 Å². The van der Waals surface area contributed by atoms with E-state index in [2.05, 4.69) is 23.5 Å². The molecule has 3 nitrogen and oxygen atoms in total. The number of aromatic nitrogens is 1. The van der Waals surface area contributed by atoms with Crippen molar-refractivity contribution < 1.29 is 4.74 Å². The van der Waals surface area contributed by atoms with E-state index in [1.54, 1.807) is 7.11 Å². The molecule has 0 unspecified atom stereocenters. The number of methoxy groups -OCH3 is 1. The highest BCUT2D eigenvalue weighted by Crippen LogP contribution is 2.23. The quantitative estimate of drug-likeness (QED) is 0.735. The summed E-state index contributed by atoms with van der Waals surface area (Å²) < 4.78 is 5.41. The van der Waals surface area contributed by atoms with Gasteiger partial charge in [0.25, 0.3) is 0 Å². The van der Waals surface area contributed by atoms with Gasteiger partial charge in [-0.3, -0.25) is 4.98 Å². The van der Waals surface area contributed by atoms with Gasteiger partial charge in [0.15, 0.2) is 0 Å². The smallest absolute Gasteiger partial charge is 0.128 e. The largest absolute Gasteiger partial charge is 0.496 e. The number of ether oxygens (including phenoxy) is 1. The average Bonchev–Trinajstić information content (AvgIpc) is 2.36.